The van der Waals surface area contributed by atoms with E-state index in [9.17, 15) is 0 Å². The minimum absolute atomic E-state index is 0.567. The first-order chi connectivity index (χ1) is 9.24. The Morgan fingerprint density at radius 1 is 1.37 bits per heavy atom. The van der Waals surface area contributed by atoms with Gasteiger partial charge in [0, 0.05) is 24.0 Å². The van der Waals surface area contributed by atoms with Crippen molar-refractivity contribution in [3.63, 3.8) is 0 Å². The fourth-order valence-corrected chi connectivity index (χ4v) is 3.14. The van der Waals surface area contributed by atoms with Gasteiger partial charge in [0.25, 0.3) is 0 Å². The zero-order valence-electron chi connectivity index (χ0n) is 12.1. The number of H-pyrrole nitrogens is 1. The number of aromatic amines is 1. The van der Waals surface area contributed by atoms with Gasteiger partial charge in [0.2, 0.25) is 0 Å². The van der Waals surface area contributed by atoms with Crippen molar-refractivity contribution in [1.29, 1.82) is 0 Å². The molecule has 0 unspecified atom stereocenters. The predicted octanol–water partition coefficient (Wildman–Crippen LogP) is 4.58. The number of aryl methyl sites for hydroxylation is 1. The highest BCUT2D eigenvalue weighted by Crippen LogP contribution is 2.28. The molecule has 1 N–H and O–H groups in total. The molecule has 0 aliphatic heterocycles. The Morgan fingerprint density at radius 2 is 2.11 bits per heavy atom. The van der Waals surface area contributed by atoms with Gasteiger partial charge in [-0.1, -0.05) is 44.8 Å². The predicted molar refractivity (Wildman–Crippen MR) is 83.8 cm³/mol. The maximum atomic E-state index is 5.61. The number of rotatable bonds is 5. The molecular formula is C15H25N3S. The van der Waals surface area contributed by atoms with Crippen LogP contribution in [0.3, 0.4) is 0 Å². The Kier molecular flexibility index (Phi) is 5.37. The van der Waals surface area contributed by atoms with Crippen LogP contribution in [0.15, 0.2) is 4.99 Å². The molecule has 2 rings (SSSR count). The topological polar surface area (TPSA) is 33.1 Å². The van der Waals surface area contributed by atoms with Crippen molar-refractivity contribution in [3.8, 4) is 0 Å². The first kappa shape index (κ1) is 14.5. The van der Waals surface area contributed by atoms with Crippen LogP contribution in [0.2, 0.25) is 0 Å². The van der Waals surface area contributed by atoms with Crippen molar-refractivity contribution in [2.45, 2.75) is 64.8 Å². The zero-order valence-corrected chi connectivity index (χ0v) is 12.9. The van der Waals surface area contributed by atoms with Crippen LogP contribution in [-0.4, -0.2) is 22.5 Å². The van der Waals surface area contributed by atoms with Gasteiger partial charge < -0.3 is 5.10 Å². The molecule has 0 spiro atoms. The van der Waals surface area contributed by atoms with Gasteiger partial charge in [-0.3, -0.25) is 9.67 Å². The van der Waals surface area contributed by atoms with E-state index in [4.69, 9.17) is 12.2 Å². The first-order valence-electron chi connectivity index (χ1n) is 7.55. The molecule has 1 aliphatic rings. The van der Waals surface area contributed by atoms with E-state index in [1.165, 1.54) is 38.5 Å². The molecule has 0 bridgehead atoms. The maximum absolute atomic E-state index is 5.61. The van der Waals surface area contributed by atoms with E-state index in [-0.39, 0.29) is 0 Å². The summed E-state index contributed by atoms with van der Waals surface area (Å²) in [6.07, 6.45) is 10.8. The lowest BCUT2D eigenvalue weighted by Gasteiger charge is -2.22. The molecule has 1 aliphatic carbocycles. The Labute approximate surface area is 121 Å². The first-order valence-corrected chi connectivity index (χ1v) is 7.95. The molecule has 4 heteroatoms. The van der Waals surface area contributed by atoms with E-state index in [1.54, 1.807) is 0 Å². The van der Waals surface area contributed by atoms with E-state index in [0.717, 1.165) is 28.9 Å². The Bertz CT molecular complexity index is 478. The summed E-state index contributed by atoms with van der Waals surface area (Å²) in [4.78, 5) is 4.49. The van der Waals surface area contributed by atoms with Crippen LogP contribution < -0.4 is 0 Å². The average molecular weight is 279 g/mol. The van der Waals surface area contributed by atoms with Crippen molar-refractivity contribution in [2.24, 2.45) is 4.99 Å². The number of unbranched alkanes of at least 4 members (excludes halogenated alkanes) is 1. The summed E-state index contributed by atoms with van der Waals surface area (Å²) in [6.45, 7) is 5.18. The van der Waals surface area contributed by atoms with Gasteiger partial charge in [-0.05, 0) is 26.2 Å². The molecule has 1 fully saturated rings. The van der Waals surface area contributed by atoms with Crippen molar-refractivity contribution < 1.29 is 0 Å². The quantitative estimate of drug-likeness (QED) is 0.478. The average Bonchev–Trinajstić information content (AvgIpc) is 2.72. The summed E-state index contributed by atoms with van der Waals surface area (Å²) in [5.74, 6) is 0. The normalized spacial score (nSPS) is 17.4. The van der Waals surface area contributed by atoms with E-state index in [1.807, 2.05) is 6.21 Å². The molecule has 1 aromatic rings. The third-order valence-corrected chi connectivity index (χ3v) is 4.36. The Hall–Kier alpha value is -0.900. The molecule has 0 amide bonds. The third-order valence-electron chi connectivity index (χ3n) is 3.94. The third kappa shape index (κ3) is 3.56. The maximum Gasteiger partial charge on any atom is 0.131 e. The van der Waals surface area contributed by atoms with Crippen molar-refractivity contribution in [3.05, 3.63) is 15.9 Å². The summed E-state index contributed by atoms with van der Waals surface area (Å²) in [6, 6.07) is 0.567. The SMILES string of the molecule is CCCCN=Cc1c(C)[nH]n(C2CCCCC2)c1=S. The molecule has 3 nitrogen and oxygen atoms in total. The molecule has 106 valence electrons. The molecule has 1 heterocycles. The largest absolute Gasteiger partial charge is 0.301 e. The van der Waals surface area contributed by atoms with Gasteiger partial charge in [0.15, 0.2) is 0 Å². The second-order valence-corrected chi connectivity index (χ2v) is 5.89. The van der Waals surface area contributed by atoms with Crippen molar-refractivity contribution in [2.75, 3.05) is 6.54 Å². The molecule has 0 atom stereocenters. The molecule has 1 aromatic heterocycles. The number of hydrogen-bond acceptors (Lipinski definition) is 2. The molecule has 19 heavy (non-hydrogen) atoms. The lowest BCUT2D eigenvalue weighted by Crippen LogP contribution is -2.14. The molecule has 0 aromatic carbocycles. The number of nitrogens with one attached hydrogen (secondary N) is 1. The minimum Gasteiger partial charge on any atom is -0.301 e. The van der Waals surface area contributed by atoms with Gasteiger partial charge in [0.05, 0.1) is 6.04 Å². The summed E-state index contributed by atoms with van der Waals surface area (Å²) in [7, 11) is 0. The highest BCUT2D eigenvalue weighted by atomic mass is 32.1. The lowest BCUT2D eigenvalue weighted by molar-refractivity contribution is 0.326. The van der Waals surface area contributed by atoms with Crippen LogP contribution in [0, 0.1) is 11.6 Å². The van der Waals surface area contributed by atoms with Crippen LogP contribution in [-0.2, 0) is 0 Å². The highest BCUT2D eigenvalue weighted by molar-refractivity contribution is 7.71. The smallest absolute Gasteiger partial charge is 0.131 e. The van der Waals surface area contributed by atoms with Gasteiger partial charge in [0.1, 0.15) is 4.64 Å². The van der Waals surface area contributed by atoms with E-state index < -0.39 is 0 Å². The number of hydrogen-bond donors (Lipinski definition) is 1. The molecule has 1 saturated carbocycles. The fourth-order valence-electron chi connectivity index (χ4n) is 2.74. The molecule has 0 radical (unpaired) electrons. The second kappa shape index (κ2) is 7.04. The van der Waals surface area contributed by atoms with Crippen LogP contribution in [0.1, 0.15) is 69.2 Å². The minimum atomic E-state index is 0.567. The standard InChI is InChI=1S/C15H25N3S/c1-3-4-10-16-11-14-12(2)17-18(15(14)19)13-8-6-5-7-9-13/h11,13,17H,3-10H2,1-2H3. The van der Waals surface area contributed by atoms with Crippen molar-refractivity contribution >= 4 is 18.4 Å². The summed E-state index contributed by atoms with van der Waals surface area (Å²) in [5, 5.41) is 3.44. The van der Waals surface area contributed by atoms with Gasteiger partial charge in [-0.25, -0.2) is 0 Å². The Balaban J connectivity index is 2.14. The number of aromatic nitrogens is 2. The second-order valence-electron chi connectivity index (χ2n) is 5.51. The van der Waals surface area contributed by atoms with Crippen LogP contribution in [0.5, 0.6) is 0 Å². The summed E-state index contributed by atoms with van der Waals surface area (Å²) in [5.41, 5.74) is 2.26. The van der Waals surface area contributed by atoms with Gasteiger partial charge in [-0.2, -0.15) is 0 Å². The summed E-state index contributed by atoms with van der Waals surface area (Å²) >= 11 is 5.61. The Morgan fingerprint density at radius 3 is 2.79 bits per heavy atom. The van der Waals surface area contributed by atoms with E-state index >= 15 is 0 Å². The van der Waals surface area contributed by atoms with Gasteiger partial charge >= 0.3 is 0 Å². The van der Waals surface area contributed by atoms with Crippen molar-refractivity contribution in [1.82, 2.24) is 9.78 Å². The summed E-state index contributed by atoms with van der Waals surface area (Å²) < 4.78 is 3.13. The fraction of sp³-hybridized carbons (Fsp3) is 0.733. The van der Waals surface area contributed by atoms with Crippen LogP contribution >= 0.6 is 12.2 Å². The monoisotopic (exact) mass is 279 g/mol. The lowest BCUT2D eigenvalue weighted by atomic mass is 9.96. The highest BCUT2D eigenvalue weighted by Gasteiger charge is 2.18. The van der Waals surface area contributed by atoms with E-state index in [2.05, 4.69) is 28.6 Å². The molecule has 0 saturated heterocycles. The zero-order chi connectivity index (χ0) is 13.7. The molecular weight excluding hydrogens is 254 g/mol. The van der Waals surface area contributed by atoms with Crippen LogP contribution in [0.4, 0.5) is 0 Å². The van der Waals surface area contributed by atoms with Gasteiger partial charge in [-0.15, -0.1) is 0 Å². The van der Waals surface area contributed by atoms with Crippen LogP contribution in [0.25, 0.3) is 0 Å². The van der Waals surface area contributed by atoms with E-state index in [0.29, 0.717) is 6.04 Å². The number of nitrogens with zero attached hydrogens (tertiary/aromatic N) is 2. The number of aliphatic imine (C=N–C) groups is 1.